The second-order valence-corrected chi connectivity index (χ2v) is 6.94. The van der Waals surface area contributed by atoms with Crippen molar-refractivity contribution in [2.24, 2.45) is 5.73 Å². The molecule has 0 heterocycles. The van der Waals surface area contributed by atoms with E-state index >= 15 is 0 Å². The molecule has 1 amide bonds. The number of hydrogen-bond acceptors (Lipinski definition) is 6. The van der Waals surface area contributed by atoms with Crippen molar-refractivity contribution >= 4 is 35.7 Å². The standard InChI is InChI=1S/C24H21N3O7/c1-15(23(32)27(14-21(30)31)12-2-3-20(28)29)13-16-4-6-18(7-5-16)24(33)34-19-10-8-17(9-11-19)22(25)26/h4-11,13H,12,14H2,1H3,(H3,25,26)(H,28,29)(H,30,31). The Labute approximate surface area is 194 Å². The number of aliphatic carboxylic acids is 2. The number of rotatable bonds is 8. The highest BCUT2D eigenvalue weighted by atomic mass is 16.5. The van der Waals surface area contributed by atoms with Gasteiger partial charge < -0.3 is 25.6 Å². The molecule has 0 saturated carbocycles. The van der Waals surface area contributed by atoms with Crippen LogP contribution in [0, 0.1) is 17.3 Å². The number of nitrogens with zero attached hydrogens (tertiary/aromatic N) is 1. The first-order valence-corrected chi connectivity index (χ1v) is 9.74. The molecule has 0 spiro atoms. The number of carbonyl (C=O) groups excluding carboxylic acids is 2. The smallest absolute Gasteiger partial charge is 0.381 e. The summed E-state index contributed by atoms with van der Waals surface area (Å²) in [7, 11) is 0. The lowest BCUT2D eigenvalue weighted by Gasteiger charge is -2.18. The average molecular weight is 463 g/mol. The van der Waals surface area contributed by atoms with E-state index in [1.807, 2.05) is 5.92 Å². The molecule has 0 aromatic heterocycles. The van der Waals surface area contributed by atoms with Crippen LogP contribution in [0.1, 0.15) is 28.4 Å². The van der Waals surface area contributed by atoms with Gasteiger partial charge in [0.25, 0.3) is 5.91 Å². The minimum atomic E-state index is -1.39. The van der Waals surface area contributed by atoms with Crippen molar-refractivity contribution in [3.63, 3.8) is 0 Å². The van der Waals surface area contributed by atoms with E-state index in [4.69, 9.17) is 26.1 Å². The third kappa shape index (κ3) is 7.65. The van der Waals surface area contributed by atoms with Crippen LogP contribution in [0.15, 0.2) is 54.1 Å². The lowest BCUT2D eigenvalue weighted by Crippen LogP contribution is -2.36. The van der Waals surface area contributed by atoms with Crippen molar-refractivity contribution in [1.29, 1.82) is 5.41 Å². The van der Waals surface area contributed by atoms with E-state index in [0.717, 1.165) is 4.90 Å². The molecule has 0 fully saturated rings. The first-order valence-electron chi connectivity index (χ1n) is 9.74. The van der Waals surface area contributed by atoms with E-state index in [1.165, 1.54) is 37.3 Å². The van der Waals surface area contributed by atoms with Crippen LogP contribution in [0.4, 0.5) is 0 Å². The number of nitrogens with two attached hydrogens (primary N) is 1. The molecular formula is C24H21N3O7. The Kier molecular flexibility index (Phi) is 8.68. The molecule has 0 radical (unpaired) electrons. The molecule has 2 aromatic carbocycles. The van der Waals surface area contributed by atoms with E-state index in [-0.39, 0.29) is 29.3 Å². The largest absolute Gasteiger partial charge is 0.480 e. The Hall–Kier alpha value is -4.91. The van der Waals surface area contributed by atoms with Gasteiger partial charge in [-0.3, -0.25) is 15.0 Å². The summed E-state index contributed by atoms with van der Waals surface area (Å²) in [5.74, 6) is 0.364. The fourth-order valence-corrected chi connectivity index (χ4v) is 2.72. The van der Waals surface area contributed by atoms with Crippen molar-refractivity contribution in [3.05, 3.63) is 70.8 Å². The topological polar surface area (TPSA) is 171 Å². The van der Waals surface area contributed by atoms with Gasteiger partial charge in [0, 0.05) is 17.1 Å². The Balaban J connectivity index is 2.10. The molecule has 34 heavy (non-hydrogen) atoms. The molecule has 5 N–H and O–H groups in total. The van der Waals surface area contributed by atoms with Crippen LogP contribution in [-0.4, -0.2) is 57.9 Å². The van der Waals surface area contributed by atoms with Crippen LogP contribution in [-0.2, 0) is 14.4 Å². The predicted molar refractivity (Wildman–Crippen MR) is 122 cm³/mol. The normalized spacial score (nSPS) is 10.4. The summed E-state index contributed by atoms with van der Waals surface area (Å²) in [4.78, 5) is 47.4. The average Bonchev–Trinajstić information content (AvgIpc) is 2.78. The van der Waals surface area contributed by atoms with E-state index in [2.05, 4.69) is 5.92 Å². The zero-order valence-electron chi connectivity index (χ0n) is 18.1. The van der Waals surface area contributed by atoms with Gasteiger partial charge >= 0.3 is 17.9 Å². The molecule has 0 unspecified atom stereocenters. The molecule has 0 aliphatic heterocycles. The molecule has 0 bridgehead atoms. The number of nitrogen functional groups attached to an aromatic ring is 1. The first kappa shape index (κ1) is 25.4. The van der Waals surface area contributed by atoms with Crippen LogP contribution in [0.5, 0.6) is 5.75 Å². The zero-order valence-corrected chi connectivity index (χ0v) is 18.1. The van der Waals surface area contributed by atoms with Crippen molar-refractivity contribution in [1.82, 2.24) is 4.90 Å². The summed E-state index contributed by atoms with van der Waals surface area (Å²) >= 11 is 0. The molecule has 0 saturated heterocycles. The number of amidine groups is 1. The number of carbonyl (C=O) groups is 4. The highest BCUT2D eigenvalue weighted by Crippen LogP contribution is 2.16. The number of hydrogen-bond donors (Lipinski definition) is 4. The fraction of sp³-hybridized carbons (Fsp3) is 0.125. The summed E-state index contributed by atoms with van der Waals surface area (Å²) in [6, 6.07) is 12.3. The van der Waals surface area contributed by atoms with Crippen molar-refractivity contribution in [2.75, 3.05) is 13.1 Å². The van der Waals surface area contributed by atoms with Crippen molar-refractivity contribution in [3.8, 4) is 17.6 Å². The van der Waals surface area contributed by atoms with Crippen LogP contribution < -0.4 is 10.5 Å². The highest BCUT2D eigenvalue weighted by molar-refractivity contribution is 5.99. The fourth-order valence-electron chi connectivity index (χ4n) is 2.72. The number of benzene rings is 2. The van der Waals surface area contributed by atoms with Gasteiger partial charge in [0.15, 0.2) is 0 Å². The number of amides is 1. The van der Waals surface area contributed by atoms with Gasteiger partial charge in [-0.2, -0.15) is 0 Å². The van der Waals surface area contributed by atoms with E-state index in [0.29, 0.717) is 11.1 Å². The third-order valence-corrected chi connectivity index (χ3v) is 4.32. The summed E-state index contributed by atoms with van der Waals surface area (Å²) in [5.41, 5.74) is 6.90. The zero-order chi connectivity index (χ0) is 25.3. The van der Waals surface area contributed by atoms with Crippen molar-refractivity contribution < 1.29 is 34.1 Å². The summed E-state index contributed by atoms with van der Waals surface area (Å²) in [5, 5.41) is 24.9. The lowest BCUT2D eigenvalue weighted by atomic mass is 10.1. The first-order chi connectivity index (χ1) is 16.1. The maximum Gasteiger partial charge on any atom is 0.381 e. The van der Waals surface area contributed by atoms with Gasteiger partial charge in [-0.1, -0.05) is 18.1 Å². The summed E-state index contributed by atoms with van der Waals surface area (Å²) in [6.45, 7) is 0.478. The summed E-state index contributed by atoms with van der Waals surface area (Å²) < 4.78 is 5.28. The van der Waals surface area contributed by atoms with Crippen LogP contribution >= 0.6 is 0 Å². The maximum atomic E-state index is 12.6. The van der Waals surface area contributed by atoms with Crippen LogP contribution in [0.2, 0.25) is 0 Å². The predicted octanol–water partition coefficient (Wildman–Crippen LogP) is 1.59. The number of esters is 1. The monoisotopic (exact) mass is 463 g/mol. The van der Waals surface area contributed by atoms with Crippen LogP contribution in [0.25, 0.3) is 6.08 Å². The third-order valence-electron chi connectivity index (χ3n) is 4.32. The van der Waals surface area contributed by atoms with Gasteiger partial charge in [0.2, 0.25) is 0 Å². The molecule has 0 aliphatic carbocycles. The molecule has 10 nitrogen and oxygen atoms in total. The second kappa shape index (κ2) is 11.6. The van der Waals surface area contributed by atoms with E-state index in [9.17, 15) is 19.2 Å². The number of ether oxygens (including phenoxy) is 1. The molecular weight excluding hydrogens is 442 g/mol. The highest BCUT2D eigenvalue weighted by Gasteiger charge is 2.17. The number of carboxylic acids is 2. The lowest BCUT2D eigenvalue weighted by molar-refractivity contribution is -0.142. The number of carboxylic acid groups (broad SMARTS) is 2. The van der Waals surface area contributed by atoms with Crippen molar-refractivity contribution in [2.45, 2.75) is 6.92 Å². The minimum Gasteiger partial charge on any atom is -0.480 e. The summed E-state index contributed by atoms with van der Waals surface area (Å²) in [6.07, 6.45) is 1.50. The van der Waals surface area contributed by atoms with E-state index in [1.54, 1.807) is 24.3 Å². The Morgan fingerprint density at radius 1 is 1.03 bits per heavy atom. The molecule has 2 rings (SSSR count). The maximum absolute atomic E-state index is 12.6. The molecule has 0 atom stereocenters. The van der Waals surface area contributed by atoms with Gasteiger partial charge in [0.05, 0.1) is 12.1 Å². The van der Waals surface area contributed by atoms with Gasteiger partial charge in [-0.25, -0.2) is 9.59 Å². The van der Waals surface area contributed by atoms with Crippen LogP contribution in [0.3, 0.4) is 0 Å². The molecule has 0 aliphatic rings. The Morgan fingerprint density at radius 2 is 1.62 bits per heavy atom. The molecule has 10 heteroatoms. The molecule has 2 aromatic rings. The SMILES string of the molecule is CC(=Cc1ccc(C(=O)Oc2ccc(C(=N)N)cc2)cc1)C(=O)N(CC#CC(=O)O)CC(=O)O. The number of nitrogens with one attached hydrogen (secondary N) is 1. The minimum absolute atomic E-state index is 0.102. The quantitative estimate of drug-likeness (QED) is 0.114. The molecule has 174 valence electrons. The Bertz CT molecular complexity index is 1200. The van der Waals surface area contributed by atoms with Gasteiger partial charge in [-0.15, -0.1) is 0 Å². The van der Waals surface area contributed by atoms with Gasteiger partial charge in [0.1, 0.15) is 18.1 Å². The second-order valence-electron chi connectivity index (χ2n) is 6.94. The Morgan fingerprint density at radius 3 is 2.15 bits per heavy atom. The van der Waals surface area contributed by atoms with E-state index < -0.39 is 30.4 Å². The van der Waals surface area contributed by atoms with Gasteiger partial charge in [-0.05, 0) is 55.0 Å².